The van der Waals surface area contributed by atoms with Gasteiger partial charge in [0.1, 0.15) is 5.75 Å². The summed E-state index contributed by atoms with van der Waals surface area (Å²) in [6.07, 6.45) is 0.922. The smallest absolute Gasteiger partial charge is 0.220 e. The monoisotopic (exact) mass is 407 g/mol. The Kier molecular flexibility index (Phi) is 5.99. The first-order valence-electron chi connectivity index (χ1n) is 9.00. The summed E-state index contributed by atoms with van der Waals surface area (Å²) in [7, 11) is 0. The van der Waals surface area contributed by atoms with E-state index < -0.39 is 11.6 Å². The fourth-order valence-electron chi connectivity index (χ4n) is 3.56. The molecule has 2 aromatic rings. The summed E-state index contributed by atoms with van der Waals surface area (Å²) in [5.74, 6) is 0.119. The van der Waals surface area contributed by atoms with Gasteiger partial charge in [-0.15, -0.1) is 0 Å². The van der Waals surface area contributed by atoms with Gasteiger partial charge in [0.25, 0.3) is 0 Å². The molecule has 0 saturated carbocycles. The summed E-state index contributed by atoms with van der Waals surface area (Å²) >= 11 is 12.1. The number of carbonyl (C=O) groups is 1. The minimum absolute atomic E-state index is 0.0108. The van der Waals surface area contributed by atoms with Gasteiger partial charge in [0.2, 0.25) is 5.91 Å². The quantitative estimate of drug-likeness (QED) is 0.695. The zero-order chi connectivity index (χ0) is 19.6. The van der Waals surface area contributed by atoms with Gasteiger partial charge in [0, 0.05) is 40.4 Å². The highest BCUT2D eigenvalue weighted by Crippen LogP contribution is 2.46. The molecule has 0 aromatic heterocycles. The molecule has 1 heterocycles. The molecule has 0 bridgehead atoms. The summed E-state index contributed by atoms with van der Waals surface area (Å²) in [5.41, 5.74) is 1.12. The van der Waals surface area contributed by atoms with Crippen molar-refractivity contribution < 1.29 is 14.6 Å². The number of halogens is 2. The minimum atomic E-state index is -0.477. The zero-order valence-electron chi connectivity index (χ0n) is 15.3. The Morgan fingerprint density at radius 1 is 1.15 bits per heavy atom. The fraction of sp³-hybridized carbons (Fsp3) is 0.381. The van der Waals surface area contributed by atoms with Gasteiger partial charge in [-0.3, -0.25) is 4.79 Å². The Hall–Kier alpha value is -1.75. The van der Waals surface area contributed by atoms with Crippen LogP contribution in [0.5, 0.6) is 5.75 Å². The van der Waals surface area contributed by atoms with Crippen LogP contribution in [0, 0.1) is 0 Å². The number of phenolic OH excluding ortho intramolecular Hbond substituents is 1. The second-order valence-corrected chi connectivity index (χ2v) is 8.11. The van der Waals surface area contributed by atoms with E-state index in [4.69, 9.17) is 27.9 Å². The van der Waals surface area contributed by atoms with E-state index in [1.807, 2.05) is 38.1 Å². The molecule has 1 aliphatic rings. The Balaban J connectivity index is 1.96. The van der Waals surface area contributed by atoms with Crippen molar-refractivity contribution in [3.05, 3.63) is 63.6 Å². The summed E-state index contributed by atoms with van der Waals surface area (Å²) < 4.78 is 6.33. The van der Waals surface area contributed by atoms with Crippen LogP contribution in [0.3, 0.4) is 0 Å². The molecular formula is C21H23Cl2NO3. The number of amides is 1. The van der Waals surface area contributed by atoms with Gasteiger partial charge in [0.05, 0.1) is 12.2 Å². The van der Waals surface area contributed by atoms with Gasteiger partial charge < -0.3 is 15.2 Å². The van der Waals surface area contributed by atoms with Crippen molar-refractivity contribution >= 4 is 29.1 Å². The van der Waals surface area contributed by atoms with E-state index in [2.05, 4.69) is 5.32 Å². The molecule has 3 rings (SSSR count). The van der Waals surface area contributed by atoms with Crippen molar-refractivity contribution in [1.82, 2.24) is 5.32 Å². The number of hydrogen-bond donors (Lipinski definition) is 2. The molecule has 0 aliphatic carbocycles. The molecular weight excluding hydrogens is 385 g/mol. The molecule has 1 saturated heterocycles. The molecule has 0 spiro atoms. The van der Waals surface area contributed by atoms with E-state index in [9.17, 15) is 9.90 Å². The highest BCUT2D eigenvalue weighted by molar-refractivity contribution is 6.30. The third-order valence-electron chi connectivity index (χ3n) is 4.94. The van der Waals surface area contributed by atoms with Crippen molar-refractivity contribution in [2.24, 2.45) is 0 Å². The van der Waals surface area contributed by atoms with Crippen LogP contribution in [0.2, 0.25) is 10.0 Å². The summed E-state index contributed by atoms with van der Waals surface area (Å²) in [4.78, 5) is 12.1. The fourth-order valence-corrected chi connectivity index (χ4v) is 3.87. The van der Waals surface area contributed by atoms with Crippen LogP contribution >= 0.6 is 23.2 Å². The highest BCUT2D eigenvalue weighted by atomic mass is 35.5. The lowest BCUT2D eigenvalue weighted by molar-refractivity contribution is -0.128. The number of carbonyl (C=O) groups excluding carboxylic acids is 1. The number of phenols is 1. The van der Waals surface area contributed by atoms with Crippen molar-refractivity contribution in [3.63, 3.8) is 0 Å². The second kappa shape index (κ2) is 8.09. The van der Waals surface area contributed by atoms with E-state index in [-0.39, 0.29) is 17.8 Å². The van der Waals surface area contributed by atoms with Crippen molar-refractivity contribution in [3.8, 4) is 5.75 Å². The van der Waals surface area contributed by atoms with Crippen molar-refractivity contribution in [2.45, 2.75) is 50.9 Å². The normalized spacial score (nSPS) is 25.2. The lowest BCUT2D eigenvalue weighted by Gasteiger charge is -2.43. The molecule has 6 heteroatoms. The number of aromatic hydroxyl groups is 1. The summed E-state index contributed by atoms with van der Waals surface area (Å²) in [6, 6.07) is 12.4. The third-order valence-corrected chi connectivity index (χ3v) is 5.43. The average molecular weight is 408 g/mol. The predicted octanol–water partition coefficient (Wildman–Crippen LogP) is 5.58. The molecule has 3 atom stereocenters. The number of benzene rings is 2. The van der Waals surface area contributed by atoms with E-state index in [1.54, 1.807) is 18.2 Å². The topological polar surface area (TPSA) is 58.6 Å². The van der Waals surface area contributed by atoms with Crippen LogP contribution in [0.25, 0.3) is 0 Å². The molecule has 2 aromatic carbocycles. The zero-order valence-corrected chi connectivity index (χ0v) is 16.8. The molecule has 27 heavy (non-hydrogen) atoms. The van der Waals surface area contributed by atoms with Gasteiger partial charge in [-0.2, -0.15) is 0 Å². The molecule has 4 nitrogen and oxygen atoms in total. The number of hydrogen-bond acceptors (Lipinski definition) is 3. The van der Waals surface area contributed by atoms with E-state index in [0.29, 0.717) is 34.9 Å². The van der Waals surface area contributed by atoms with Crippen LogP contribution in [0.4, 0.5) is 0 Å². The predicted molar refractivity (Wildman–Crippen MR) is 107 cm³/mol. The SMILES string of the molecule is CCC(=O)N[C@]1(C)C[C@@H](c2ccc(Cl)cc2)O[C@@H](c2cc(Cl)ccc2O)C1. The van der Waals surface area contributed by atoms with Crippen molar-refractivity contribution in [2.75, 3.05) is 0 Å². The first-order valence-corrected chi connectivity index (χ1v) is 9.75. The summed E-state index contributed by atoms with van der Waals surface area (Å²) in [5, 5.41) is 14.6. The molecule has 144 valence electrons. The number of ether oxygens (including phenoxy) is 1. The largest absolute Gasteiger partial charge is 0.508 e. The molecule has 1 aliphatic heterocycles. The molecule has 2 N–H and O–H groups in total. The van der Waals surface area contributed by atoms with Crippen LogP contribution in [0.15, 0.2) is 42.5 Å². The van der Waals surface area contributed by atoms with Gasteiger partial charge >= 0.3 is 0 Å². The molecule has 1 fully saturated rings. The van der Waals surface area contributed by atoms with Crippen LogP contribution in [-0.2, 0) is 9.53 Å². The third kappa shape index (κ3) is 4.75. The van der Waals surface area contributed by atoms with E-state index in [0.717, 1.165) is 5.56 Å². The minimum Gasteiger partial charge on any atom is -0.508 e. The number of rotatable bonds is 4. The second-order valence-electron chi connectivity index (χ2n) is 7.24. The van der Waals surface area contributed by atoms with Crippen LogP contribution in [-0.4, -0.2) is 16.6 Å². The molecule has 1 amide bonds. The maximum absolute atomic E-state index is 12.1. The average Bonchev–Trinajstić information content (AvgIpc) is 2.63. The van der Waals surface area contributed by atoms with Crippen molar-refractivity contribution in [1.29, 1.82) is 0 Å². The van der Waals surface area contributed by atoms with E-state index >= 15 is 0 Å². The Bertz CT molecular complexity index is 825. The standard InChI is InChI=1S/C21H23Cl2NO3/c1-3-20(26)24-21(2)11-18(13-4-6-14(22)7-5-13)27-19(12-21)16-10-15(23)8-9-17(16)25/h4-10,18-19,25H,3,11-12H2,1-2H3,(H,24,26)/t18-,19+,21+/m0/s1. The highest BCUT2D eigenvalue weighted by Gasteiger charge is 2.40. The van der Waals surface area contributed by atoms with Gasteiger partial charge in [-0.25, -0.2) is 0 Å². The molecule has 0 unspecified atom stereocenters. The Labute approximate surface area is 169 Å². The molecule has 0 radical (unpaired) electrons. The number of nitrogens with one attached hydrogen (secondary N) is 1. The van der Waals surface area contributed by atoms with Crippen LogP contribution < -0.4 is 5.32 Å². The van der Waals surface area contributed by atoms with Crippen LogP contribution in [0.1, 0.15) is 56.4 Å². The van der Waals surface area contributed by atoms with Gasteiger partial charge in [0.15, 0.2) is 0 Å². The maximum atomic E-state index is 12.1. The summed E-state index contributed by atoms with van der Waals surface area (Å²) in [6.45, 7) is 3.84. The maximum Gasteiger partial charge on any atom is 0.220 e. The lowest BCUT2D eigenvalue weighted by atomic mass is 9.81. The Morgan fingerprint density at radius 2 is 1.78 bits per heavy atom. The first-order chi connectivity index (χ1) is 12.8. The lowest BCUT2D eigenvalue weighted by Crippen LogP contribution is -2.50. The van der Waals surface area contributed by atoms with Gasteiger partial charge in [-0.05, 0) is 42.8 Å². The van der Waals surface area contributed by atoms with E-state index in [1.165, 1.54) is 0 Å². The van der Waals surface area contributed by atoms with Gasteiger partial charge in [-0.1, -0.05) is 42.3 Å². The Morgan fingerprint density at radius 3 is 2.44 bits per heavy atom. The first kappa shape index (κ1) is 20.0.